The Hall–Kier alpha value is -1.09. The second kappa shape index (κ2) is 12.6. The van der Waals surface area contributed by atoms with Gasteiger partial charge in [-0.3, -0.25) is 4.99 Å². The molecule has 0 unspecified atom stereocenters. The number of halogens is 1. The van der Waals surface area contributed by atoms with Crippen LogP contribution >= 0.6 is 24.0 Å². The van der Waals surface area contributed by atoms with E-state index >= 15 is 0 Å². The smallest absolute Gasteiger partial charge is 0.218 e. The predicted octanol–water partition coefficient (Wildman–Crippen LogP) is 4.28. The lowest BCUT2D eigenvalue weighted by atomic mass is 9.83. The van der Waals surface area contributed by atoms with Crippen LogP contribution in [0.15, 0.2) is 23.3 Å². The van der Waals surface area contributed by atoms with E-state index in [-0.39, 0.29) is 24.0 Å². The van der Waals surface area contributed by atoms with Crippen LogP contribution < -0.4 is 15.4 Å². The van der Waals surface area contributed by atoms with Gasteiger partial charge in [0, 0.05) is 45.6 Å². The average molecular weight is 516 g/mol. The number of methoxy groups -OCH3 is 1. The van der Waals surface area contributed by atoms with Crippen molar-refractivity contribution in [3.63, 3.8) is 0 Å². The number of aliphatic imine (C=N–C) groups is 1. The Morgan fingerprint density at radius 1 is 1.21 bits per heavy atom. The molecule has 164 valence electrons. The molecule has 7 heteroatoms. The lowest BCUT2D eigenvalue weighted by Crippen LogP contribution is -2.43. The topological polar surface area (TPSA) is 67.8 Å². The first kappa shape index (κ1) is 24.2. The summed E-state index contributed by atoms with van der Waals surface area (Å²) < 4.78 is 11.5. The molecule has 0 radical (unpaired) electrons. The molecule has 1 aromatic rings. The van der Waals surface area contributed by atoms with E-state index in [4.69, 9.17) is 9.47 Å². The van der Waals surface area contributed by atoms with Crippen LogP contribution in [0.1, 0.15) is 63.4 Å². The lowest BCUT2D eigenvalue weighted by molar-refractivity contribution is 0.138. The maximum atomic E-state index is 6.15. The highest BCUT2D eigenvalue weighted by Gasteiger charge is 2.33. The molecule has 2 N–H and O–H groups in total. The SMILES string of the molecule is CN=C(NCc1cccnc1OC1CCCC1)NCC1(CCOC)CCCC1.I. The first-order chi connectivity index (χ1) is 13.7. The summed E-state index contributed by atoms with van der Waals surface area (Å²) in [4.78, 5) is 8.87. The molecular weight excluding hydrogens is 479 g/mol. The largest absolute Gasteiger partial charge is 0.474 e. The fourth-order valence-corrected chi connectivity index (χ4v) is 4.46. The van der Waals surface area contributed by atoms with Gasteiger partial charge in [0.05, 0.1) is 0 Å². The highest BCUT2D eigenvalue weighted by Crippen LogP contribution is 2.40. The molecule has 29 heavy (non-hydrogen) atoms. The zero-order valence-corrected chi connectivity index (χ0v) is 20.2. The number of hydrogen-bond acceptors (Lipinski definition) is 4. The molecule has 0 bridgehead atoms. The molecule has 2 fully saturated rings. The summed E-state index contributed by atoms with van der Waals surface area (Å²) in [7, 11) is 3.61. The normalized spacial score (nSPS) is 19.0. The van der Waals surface area contributed by atoms with Gasteiger partial charge < -0.3 is 20.1 Å². The van der Waals surface area contributed by atoms with E-state index in [1.54, 1.807) is 13.3 Å². The first-order valence-electron chi connectivity index (χ1n) is 10.8. The van der Waals surface area contributed by atoms with Crippen molar-refractivity contribution in [3.8, 4) is 5.88 Å². The van der Waals surface area contributed by atoms with Crippen LogP contribution in [0.2, 0.25) is 0 Å². The van der Waals surface area contributed by atoms with E-state index in [1.807, 2.05) is 13.1 Å². The summed E-state index contributed by atoms with van der Waals surface area (Å²) in [5, 5.41) is 6.98. The van der Waals surface area contributed by atoms with Gasteiger partial charge in [0.15, 0.2) is 5.96 Å². The molecule has 1 heterocycles. The second-order valence-corrected chi connectivity index (χ2v) is 8.22. The number of ether oxygens (including phenoxy) is 2. The fraction of sp³-hybridized carbons (Fsp3) is 0.727. The molecule has 2 saturated carbocycles. The summed E-state index contributed by atoms with van der Waals surface area (Å²) in [6.45, 7) is 2.42. The molecule has 0 atom stereocenters. The van der Waals surface area contributed by atoms with E-state index in [9.17, 15) is 0 Å². The van der Waals surface area contributed by atoms with E-state index in [0.717, 1.165) is 49.8 Å². The van der Waals surface area contributed by atoms with Crippen molar-refractivity contribution in [1.82, 2.24) is 15.6 Å². The standard InChI is InChI=1S/C22H36N4O2.HI/c1-23-21(26-17-22(13-15-27-2)11-5-6-12-22)25-16-18-8-7-14-24-20(18)28-19-9-3-4-10-19;/h7-8,14,19H,3-6,9-13,15-17H2,1-2H3,(H2,23,25,26);1H. The molecule has 3 rings (SSSR count). The van der Waals surface area contributed by atoms with Gasteiger partial charge >= 0.3 is 0 Å². The fourth-order valence-electron chi connectivity index (χ4n) is 4.46. The lowest BCUT2D eigenvalue weighted by Gasteiger charge is -2.30. The summed E-state index contributed by atoms with van der Waals surface area (Å²) in [5.74, 6) is 1.59. The molecule has 0 amide bonds. The third-order valence-corrected chi connectivity index (χ3v) is 6.23. The third-order valence-electron chi connectivity index (χ3n) is 6.23. The van der Waals surface area contributed by atoms with Crippen LogP contribution in [0.4, 0.5) is 0 Å². The molecule has 0 spiro atoms. The van der Waals surface area contributed by atoms with Gasteiger partial charge in [-0.05, 0) is 56.4 Å². The monoisotopic (exact) mass is 516 g/mol. The Morgan fingerprint density at radius 2 is 1.97 bits per heavy atom. The van der Waals surface area contributed by atoms with Gasteiger partial charge in [0.25, 0.3) is 0 Å². The van der Waals surface area contributed by atoms with Crippen molar-refractivity contribution in [2.24, 2.45) is 10.4 Å². The Morgan fingerprint density at radius 3 is 2.66 bits per heavy atom. The molecular formula is C22H37IN4O2. The number of pyridine rings is 1. The maximum absolute atomic E-state index is 6.15. The van der Waals surface area contributed by atoms with Crippen LogP contribution in [0, 0.1) is 5.41 Å². The summed E-state index contributed by atoms with van der Waals surface area (Å²) >= 11 is 0. The number of guanidine groups is 1. The summed E-state index contributed by atoms with van der Waals surface area (Å²) in [5.41, 5.74) is 1.41. The molecule has 1 aromatic heterocycles. The molecule has 2 aliphatic rings. The molecule has 0 aliphatic heterocycles. The minimum absolute atomic E-state index is 0. The van der Waals surface area contributed by atoms with Gasteiger partial charge in [0.2, 0.25) is 5.88 Å². The van der Waals surface area contributed by atoms with Crippen molar-refractivity contribution in [2.45, 2.75) is 70.4 Å². The van der Waals surface area contributed by atoms with E-state index < -0.39 is 0 Å². The van der Waals surface area contributed by atoms with Crippen LogP contribution in [-0.2, 0) is 11.3 Å². The quantitative estimate of drug-likeness (QED) is 0.291. The van der Waals surface area contributed by atoms with Gasteiger partial charge in [-0.15, -0.1) is 24.0 Å². The zero-order valence-electron chi connectivity index (χ0n) is 17.9. The summed E-state index contributed by atoms with van der Waals surface area (Å²) in [6.07, 6.45) is 13.2. The minimum atomic E-state index is 0. The van der Waals surface area contributed by atoms with E-state index in [2.05, 4.69) is 26.7 Å². The van der Waals surface area contributed by atoms with Crippen LogP contribution in [-0.4, -0.2) is 44.4 Å². The predicted molar refractivity (Wildman–Crippen MR) is 128 cm³/mol. The Kier molecular flexibility index (Phi) is 10.5. The Bertz CT molecular complexity index is 629. The van der Waals surface area contributed by atoms with Crippen LogP contribution in [0.25, 0.3) is 0 Å². The number of aromatic nitrogens is 1. The Balaban J connectivity index is 0.00000300. The average Bonchev–Trinajstić information content (AvgIpc) is 3.40. The van der Waals surface area contributed by atoms with Gasteiger partial charge in [0.1, 0.15) is 6.10 Å². The van der Waals surface area contributed by atoms with Crippen LogP contribution in [0.5, 0.6) is 5.88 Å². The number of hydrogen-bond donors (Lipinski definition) is 2. The zero-order chi connectivity index (χ0) is 19.7. The molecule has 2 aliphatic carbocycles. The number of nitrogens with one attached hydrogen (secondary N) is 2. The first-order valence-corrected chi connectivity index (χ1v) is 10.8. The van der Waals surface area contributed by atoms with E-state index in [0.29, 0.717) is 18.1 Å². The van der Waals surface area contributed by atoms with Gasteiger partial charge in [-0.2, -0.15) is 0 Å². The van der Waals surface area contributed by atoms with Crippen molar-refractivity contribution in [1.29, 1.82) is 0 Å². The molecule has 0 saturated heterocycles. The highest BCUT2D eigenvalue weighted by molar-refractivity contribution is 14.0. The van der Waals surface area contributed by atoms with Gasteiger partial charge in [-0.1, -0.05) is 18.9 Å². The number of rotatable bonds is 9. The van der Waals surface area contributed by atoms with E-state index in [1.165, 1.54) is 38.5 Å². The highest BCUT2D eigenvalue weighted by atomic mass is 127. The second-order valence-electron chi connectivity index (χ2n) is 8.22. The van der Waals surface area contributed by atoms with Crippen LogP contribution in [0.3, 0.4) is 0 Å². The van der Waals surface area contributed by atoms with Gasteiger partial charge in [-0.25, -0.2) is 4.98 Å². The minimum Gasteiger partial charge on any atom is -0.474 e. The van der Waals surface area contributed by atoms with Crippen molar-refractivity contribution >= 4 is 29.9 Å². The third kappa shape index (κ3) is 7.27. The van der Waals surface area contributed by atoms with Crippen molar-refractivity contribution in [3.05, 3.63) is 23.9 Å². The summed E-state index contributed by atoms with van der Waals surface area (Å²) in [6, 6.07) is 4.04. The molecule has 6 nitrogen and oxygen atoms in total. The molecule has 0 aromatic carbocycles. The van der Waals surface area contributed by atoms with Crippen molar-refractivity contribution in [2.75, 3.05) is 27.3 Å². The number of nitrogens with zero attached hydrogens (tertiary/aromatic N) is 2. The van der Waals surface area contributed by atoms with Crippen molar-refractivity contribution < 1.29 is 9.47 Å². The Labute approximate surface area is 192 Å². The maximum Gasteiger partial charge on any atom is 0.218 e.